The minimum atomic E-state index is -4.17. The van der Waals surface area contributed by atoms with E-state index in [1.165, 1.54) is 4.90 Å². The molecule has 1 aliphatic heterocycles. The van der Waals surface area contributed by atoms with Crippen molar-refractivity contribution in [3.8, 4) is 5.75 Å². The van der Waals surface area contributed by atoms with Crippen molar-refractivity contribution in [1.29, 1.82) is 0 Å². The number of hydrogen-bond acceptors (Lipinski definition) is 4. The molecule has 0 saturated carbocycles. The number of alkyl halides is 3. The van der Waals surface area contributed by atoms with Crippen LogP contribution in [0.25, 0.3) is 0 Å². The van der Waals surface area contributed by atoms with E-state index in [-0.39, 0.29) is 6.04 Å². The van der Waals surface area contributed by atoms with Crippen molar-refractivity contribution < 1.29 is 17.9 Å². The number of ether oxygens (including phenoxy) is 1. The van der Waals surface area contributed by atoms with Crippen LogP contribution >= 0.6 is 0 Å². The lowest BCUT2D eigenvalue weighted by Crippen LogP contribution is -2.45. The van der Waals surface area contributed by atoms with Crippen LogP contribution in [-0.4, -0.2) is 61.4 Å². The lowest BCUT2D eigenvalue weighted by atomic mass is 10.1. The van der Waals surface area contributed by atoms with Gasteiger partial charge < -0.3 is 15.4 Å². The predicted octanol–water partition coefficient (Wildman–Crippen LogP) is 2.40. The SMILES string of the molecule is CCNC(=NCc1ncc(C)c(OC)c1C)NC1CCN(CC(F)(F)F)C1. The van der Waals surface area contributed by atoms with Crippen LogP contribution in [0.5, 0.6) is 5.75 Å². The Morgan fingerprint density at radius 1 is 1.41 bits per heavy atom. The van der Waals surface area contributed by atoms with Gasteiger partial charge in [-0.15, -0.1) is 0 Å². The maximum atomic E-state index is 12.5. The van der Waals surface area contributed by atoms with Gasteiger partial charge in [0, 0.05) is 43.0 Å². The predicted molar refractivity (Wildman–Crippen MR) is 99.1 cm³/mol. The van der Waals surface area contributed by atoms with Crippen molar-refractivity contribution in [3.63, 3.8) is 0 Å². The first-order valence-corrected chi connectivity index (χ1v) is 9.06. The normalized spacial score (nSPS) is 18.6. The summed E-state index contributed by atoms with van der Waals surface area (Å²) in [6.45, 7) is 6.74. The molecular weight excluding hydrogens is 359 g/mol. The van der Waals surface area contributed by atoms with Crippen molar-refractivity contribution in [1.82, 2.24) is 20.5 Å². The quantitative estimate of drug-likeness (QED) is 0.580. The van der Waals surface area contributed by atoms with Crippen LogP contribution in [0.15, 0.2) is 11.2 Å². The largest absolute Gasteiger partial charge is 0.496 e. The van der Waals surface area contributed by atoms with Gasteiger partial charge in [-0.3, -0.25) is 9.88 Å². The minimum absolute atomic E-state index is 0.0632. The Morgan fingerprint density at radius 3 is 2.78 bits per heavy atom. The zero-order valence-corrected chi connectivity index (χ0v) is 16.3. The maximum Gasteiger partial charge on any atom is 0.401 e. The molecule has 1 unspecified atom stereocenters. The number of aryl methyl sites for hydroxylation is 1. The smallest absolute Gasteiger partial charge is 0.401 e. The van der Waals surface area contributed by atoms with Crippen LogP contribution in [-0.2, 0) is 6.54 Å². The van der Waals surface area contributed by atoms with E-state index >= 15 is 0 Å². The highest BCUT2D eigenvalue weighted by Crippen LogP contribution is 2.24. The molecule has 0 spiro atoms. The van der Waals surface area contributed by atoms with Crippen molar-refractivity contribution in [2.45, 2.75) is 46.0 Å². The summed E-state index contributed by atoms with van der Waals surface area (Å²) < 4.78 is 43.0. The average molecular weight is 387 g/mol. The molecule has 1 fully saturated rings. The van der Waals surface area contributed by atoms with Crippen LogP contribution in [0.3, 0.4) is 0 Å². The molecule has 9 heteroatoms. The van der Waals surface area contributed by atoms with Gasteiger partial charge in [0.25, 0.3) is 0 Å². The number of hydrogen-bond donors (Lipinski definition) is 2. The lowest BCUT2D eigenvalue weighted by Gasteiger charge is -2.20. The number of nitrogens with one attached hydrogen (secondary N) is 2. The summed E-state index contributed by atoms with van der Waals surface area (Å²) in [7, 11) is 1.63. The van der Waals surface area contributed by atoms with Crippen molar-refractivity contribution in [3.05, 3.63) is 23.0 Å². The second kappa shape index (κ2) is 9.25. The molecule has 1 aromatic rings. The van der Waals surface area contributed by atoms with E-state index in [2.05, 4.69) is 20.6 Å². The number of halogens is 3. The highest BCUT2D eigenvalue weighted by atomic mass is 19.4. The maximum absolute atomic E-state index is 12.5. The van der Waals surface area contributed by atoms with E-state index in [1.54, 1.807) is 13.3 Å². The van der Waals surface area contributed by atoms with E-state index in [1.807, 2.05) is 20.8 Å². The van der Waals surface area contributed by atoms with Crippen LogP contribution in [0.4, 0.5) is 13.2 Å². The van der Waals surface area contributed by atoms with Gasteiger partial charge in [0.1, 0.15) is 5.75 Å². The van der Waals surface area contributed by atoms with Gasteiger partial charge in [-0.25, -0.2) is 4.99 Å². The fourth-order valence-electron chi connectivity index (χ4n) is 3.25. The summed E-state index contributed by atoms with van der Waals surface area (Å²) in [5.74, 6) is 1.38. The number of likely N-dealkylation sites (tertiary alicyclic amines) is 1. The molecule has 0 amide bonds. The first-order chi connectivity index (χ1) is 12.7. The average Bonchev–Trinajstić information content (AvgIpc) is 2.99. The Balaban J connectivity index is 2.01. The number of rotatable bonds is 6. The van der Waals surface area contributed by atoms with Crippen molar-refractivity contribution >= 4 is 5.96 Å². The molecule has 27 heavy (non-hydrogen) atoms. The van der Waals surface area contributed by atoms with Crippen molar-refractivity contribution in [2.24, 2.45) is 4.99 Å². The number of pyridine rings is 1. The van der Waals surface area contributed by atoms with Gasteiger partial charge in [-0.2, -0.15) is 13.2 Å². The molecule has 1 aromatic heterocycles. The molecule has 1 saturated heterocycles. The number of aromatic nitrogens is 1. The zero-order chi connectivity index (χ0) is 20.0. The van der Waals surface area contributed by atoms with E-state index in [9.17, 15) is 13.2 Å². The fourth-order valence-corrected chi connectivity index (χ4v) is 3.25. The monoisotopic (exact) mass is 387 g/mol. The molecule has 0 bridgehead atoms. The topological polar surface area (TPSA) is 61.8 Å². The minimum Gasteiger partial charge on any atom is -0.496 e. The Morgan fingerprint density at radius 2 is 2.15 bits per heavy atom. The van der Waals surface area contributed by atoms with Gasteiger partial charge in [0.15, 0.2) is 5.96 Å². The Hall–Kier alpha value is -2.03. The molecule has 0 radical (unpaired) electrons. The number of nitrogens with zero attached hydrogens (tertiary/aromatic N) is 3. The first kappa shape index (κ1) is 21.3. The highest BCUT2D eigenvalue weighted by Gasteiger charge is 2.34. The summed E-state index contributed by atoms with van der Waals surface area (Å²) in [6.07, 6.45) is -1.76. The molecule has 2 N–H and O–H groups in total. The molecule has 0 aromatic carbocycles. The summed E-state index contributed by atoms with van der Waals surface area (Å²) in [5, 5.41) is 6.37. The number of guanidine groups is 1. The number of methoxy groups -OCH3 is 1. The van der Waals surface area contributed by atoms with E-state index in [0.29, 0.717) is 38.6 Å². The molecular formula is C18H28F3N5O. The highest BCUT2D eigenvalue weighted by molar-refractivity contribution is 5.80. The van der Waals surface area contributed by atoms with Crippen LogP contribution < -0.4 is 15.4 Å². The summed E-state index contributed by atoms with van der Waals surface area (Å²) >= 11 is 0. The van der Waals surface area contributed by atoms with Gasteiger partial charge in [0.05, 0.1) is 25.9 Å². The van der Waals surface area contributed by atoms with Gasteiger partial charge in [0.2, 0.25) is 0 Å². The first-order valence-electron chi connectivity index (χ1n) is 9.06. The third kappa shape index (κ3) is 6.27. The Kier molecular flexibility index (Phi) is 7.29. The summed E-state index contributed by atoms with van der Waals surface area (Å²) in [6, 6.07) is -0.0632. The van der Waals surface area contributed by atoms with E-state index in [0.717, 1.165) is 22.6 Å². The van der Waals surface area contributed by atoms with Crippen molar-refractivity contribution in [2.75, 3.05) is 33.3 Å². The molecule has 2 rings (SSSR count). The molecule has 6 nitrogen and oxygen atoms in total. The second-order valence-corrected chi connectivity index (χ2v) is 6.72. The van der Waals surface area contributed by atoms with Gasteiger partial charge in [-0.1, -0.05) is 0 Å². The summed E-state index contributed by atoms with van der Waals surface area (Å²) in [4.78, 5) is 10.4. The second-order valence-electron chi connectivity index (χ2n) is 6.72. The van der Waals surface area contributed by atoms with Gasteiger partial charge >= 0.3 is 6.18 Å². The van der Waals surface area contributed by atoms with Crippen LogP contribution in [0, 0.1) is 13.8 Å². The molecule has 2 heterocycles. The Labute approximate surface area is 158 Å². The zero-order valence-electron chi connectivity index (χ0n) is 16.3. The third-order valence-electron chi connectivity index (χ3n) is 4.50. The van der Waals surface area contributed by atoms with Gasteiger partial charge in [-0.05, 0) is 27.2 Å². The fraction of sp³-hybridized carbons (Fsp3) is 0.667. The van der Waals surface area contributed by atoms with Crippen LogP contribution in [0.2, 0.25) is 0 Å². The molecule has 152 valence electrons. The lowest BCUT2D eigenvalue weighted by molar-refractivity contribution is -0.143. The molecule has 0 aliphatic carbocycles. The Bertz CT molecular complexity index is 663. The van der Waals surface area contributed by atoms with E-state index < -0.39 is 12.7 Å². The standard InChI is InChI=1S/C18H28F3N5O/c1-5-22-17(25-14-6-7-26(10-14)11-18(19,20)21)24-9-15-13(3)16(27-4)12(2)8-23-15/h8,14H,5-7,9-11H2,1-4H3,(H2,22,24,25). The molecule has 1 aliphatic rings. The van der Waals surface area contributed by atoms with Crippen LogP contribution in [0.1, 0.15) is 30.2 Å². The molecule has 1 atom stereocenters. The third-order valence-corrected chi connectivity index (χ3v) is 4.50. The number of aliphatic imine (C=N–C) groups is 1. The van der Waals surface area contributed by atoms with E-state index in [4.69, 9.17) is 4.74 Å². The summed E-state index contributed by atoms with van der Waals surface area (Å²) in [5.41, 5.74) is 2.71.